The van der Waals surface area contributed by atoms with Crippen LogP contribution in [-0.2, 0) is 24.8 Å². The predicted molar refractivity (Wildman–Crippen MR) is 166 cm³/mol. The van der Waals surface area contributed by atoms with Crippen LogP contribution in [0.4, 0.5) is 22.9 Å². The molecule has 1 amide bonds. The van der Waals surface area contributed by atoms with Crippen molar-refractivity contribution in [2.45, 2.75) is 26.9 Å². The SMILES string of the molecule is CCOCc1ccc(N(C)c2cc(-c3cccc(N4CCc5cc(N(C)C)ccc5C4=O)c3C)cn(C)c2=O)nc1. The van der Waals surface area contributed by atoms with Crippen molar-refractivity contribution in [3.05, 3.63) is 99.6 Å². The lowest BCUT2D eigenvalue weighted by Gasteiger charge is -2.31. The molecule has 0 fully saturated rings. The van der Waals surface area contributed by atoms with E-state index >= 15 is 0 Å². The number of carbonyl (C=O) groups is 1. The van der Waals surface area contributed by atoms with Crippen molar-refractivity contribution in [1.82, 2.24) is 9.55 Å². The molecule has 0 unspecified atom stereocenters. The van der Waals surface area contributed by atoms with Crippen molar-refractivity contribution < 1.29 is 9.53 Å². The third-order valence-corrected chi connectivity index (χ3v) is 7.74. The van der Waals surface area contributed by atoms with E-state index in [1.807, 2.05) is 99.5 Å². The second-order valence-corrected chi connectivity index (χ2v) is 10.6. The summed E-state index contributed by atoms with van der Waals surface area (Å²) in [7, 11) is 7.62. The quantitative estimate of drug-likeness (QED) is 0.295. The molecule has 212 valence electrons. The second kappa shape index (κ2) is 11.6. The van der Waals surface area contributed by atoms with Gasteiger partial charge in [0, 0.05) is 76.2 Å². The first-order valence-corrected chi connectivity index (χ1v) is 13.9. The zero-order valence-corrected chi connectivity index (χ0v) is 24.6. The van der Waals surface area contributed by atoms with Gasteiger partial charge in [0.15, 0.2) is 0 Å². The van der Waals surface area contributed by atoms with Crippen molar-refractivity contribution in [3.8, 4) is 11.1 Å². The fourth-order valence-electron chi connectivity index (χ4n) is 5.34. The number of amides is 1. The van der Waals surface area contributed by atoms with Crippen LogP contribution in [0.3, 0.4) is 0 Å². The molecule has 0 saturated heterocycles. The van der Waals surface area contributed by atoms with E-state index in [1.165, 1.54) is 0 Å². The zero-order valence-electron chi connectivity index (χ0n) is 24.6. The molecule has 0 N–H and O–H groups in total. The van der Waals surface area contributed by atoms with Crippen LogP contribution < -0.4 is 20.3 Å². The van der Waals surface area contributed by atoms with Gasteiger partial charge in [-0.15, -0.1) is 0 Å². The van der Waals surface area contributed by atoms with E-state index in [2.05, 4.69) is 16.0 Å². The fraction of sp³-hybridized carbons (Fsp3) is 0.303. The summed E-state index contributed by atoms with van der Waals surface area (Å²) < 4.78 is 7.07. The number of ether oxygens (including phenoxy) is 1. The third kappa shape index (κ3) is 5.47. The number of aryl methyl sites for hydroxylation is 1. The van der Waals surface area contributed by atoms with Crippen LogP contribution in [-0.4, -0.2) is 49.8 Å². The minimum absolute atomic E-state index is 0.0107. The molecule has 0 radical (unpaired) electrons. The summed E-state index contributed by atoms with van der Waals surface area (Å²) in [6.07, 6.45) is 4.41. The summed E-state index contributed by atoms with van der Waals surface area (Å²) in [5.74, 6) is 0.677. The third-order valence-electron chi connectivity index (χ3n) is 7.74. The Morgan fingerprint density at radius 3 is 2.51 bits per heavy atom. The molecule has 41 heavy (non-hydrogen) atoms. The van der Waals surface area contributed by atoms with Crippen LogP contribution >= 0.6 is 0 Å². The van der Waals surface area contributed by atoms with Gasteiger partial charge in [0.05, 0.1) is 6.61 Å². The molecule has 1 aliphatic heterocycles. The van der Waals surface area contributed by atoms with E-state index in [-0.39, 0.29) is 11.5 Å². The number of benzene rings is 2. The average Bonchev–Trinajstić information content (AvgIpc) is 2.97. The Labute approximate surface area is 241 Å². The lowest BCUT2D eigenvalue weighted by Crippen LogP contribution is -2.38. The molecule has 0 saturated carbocycles. The van der Waals surface area contributed by atoms with Gasteiger partial charge in [-0.3, -0.25) is 9.59 Å². The van der Waals surface area contributed by atoms with Crippen LogP contribution in [0.1, 0.15) is 34.0 Å². The Bertz CT molecular complexity index is 1640. The standard InChI is InChI=1S/C33H37N5O3/c1-7-41-21-23-11-14-31(34-19-23)37(6)30-18-25(20-36(5)33(30)40)27-9-8-10-29(22(27)2)38-16-15-24-17-26(35(3)4)12-13-28(24)32(38)39/h8-14,17-20H,7,15-16,21H2,1-6H3. The van der Waals surface area contributed by atoms with Crippen LogP contribution in [0.25, 0.3) is 11.1 Å². The first-order valence-electron chi connectivity index (χ1n) is 13.9. The molecule has 0 spiro atoms. The van der Waals surface area contributed by atoms with Gasteiger partial charge >= 0.3 is 0 Å². The Kier molecular flexibility index (Phi) is 7.94. The Balaban J connectivity index is 1.48. The van der Waals surface area contributed by atoms with Gasteiger partial charge in [-0.2, -0.15) is 0 Å². The normalized spacial score (nSPS) is 12.8. The highest BCUT2D eigenvalue weighted by Gasteiger charge is 2.27. The molecule has 4 aromatic rings. The number of aromatic nitrogens is 2. The fourth-order valence-corrected chi connectivity index (χ4v) is 5.34. The number of hydrogen-bond acceptors (Lipinski definition) is 6. The van der Waals surface area contributed by atoms with E-state index in [0.29, 0.717) is 31.3 Å². The summed E-state index contributed by atoms with van der Waals surface area (Å²) in [4.78, 5) is 37.1. The molecule has 2 aromatic carbocycles. The van der Waals surface area contributed by atoms with Crippen molar-refractivity contribution in [1.29, 1.82) is 0 Å². The van der Waals surface area contributed by atoms with Gasteiger partial charge in [0.25, 0.3) is 11.5 Å². The number of carbonyl (C=O) groups excluding carboxylic acids is 1. The van der Waals surface area contributed by atoms with Crippen molar-refractivity contribution in [2.75, 3.05) is 49.0 Å². The molecular weight excluding hydrogens is 514 g/mol. The maximum atomic E-state index is 13.6. The number of fused-ring (bicyclic) bond motifs is 1. The second-order valence-electron chi connectivity index (χ2n) is 10.6. The van der Waals surface area contributed by atoms with Crippen LogP contribution in [0, 0.1) is 6.92 Å². The molecule has 3 heterocycles. The van der Waals surface area contributed by atoms with Crippen LogP contribution in [0.15, 0.2) is 71.8 Å². The van der Waals surface area contributed by atoms with Crippen LogP contribution in [0.2, 0.25) is 0 Å². The molecule has 0 aliphatic carbocycles. The lowest BCUT2D eigenvalue weighted by atomic mass is 9.95. The van der Waals surface area contributed by atoms with E-state index < -0.39 is 0 Å². The number of pyridine rings is 2. The van der Waals surface area contributed by atoms with E-state index in [0.717, 1.165) is 51.2 Å². The highest BCUT2D eigenvalue weighted by molar-refractivity contribution is 6.09. The largest absolute Gasteiger partial charge is 0.378 e. The minimum Gasteiger partial charge on any atom is -0.378 e. The topological polar surface area (TPSA) is 70.9 Å². The Hall–Kier alpha value is -4.43. The van der Waals surface area contributed by atoms with Gasteiger partial charge in [-0.1, -0.05) is 18.2 Å². The van der Waals surface area contributed by atoms with Crippen LogP contribution in [0.5, 0.6) is 0 Å². The molecule has 8 nitrogen and oxygen atoms in total. The van der Waals surface area contributed by atoms with Gasteiger partial charge in [0.1, 0.15) is 11.5 Å². The summed E-state index contributed by atoms with van der Waals surface area (Å²) in [5, 5.41) is 0. The Morgan fingerprint density at radius 2 is 1.80 bits per heavy atom. The van der Waals surface area contributed by atoms with Gasteiger partial charge in [-0.05, 0) is 78.9 Å². The van der Waals surface area contributed by atoms with Gasteiger partial charge < -0.3 is 24.0 Å². The monoisotopic (exact) mass is 551 g/mol. The highest BCUT2D eigenvalue weighted by Crippen LogP contribution is 2.35. The number of nitrogens with zero attached hydrogens (tertiary/aromatic N) is 5. The minimum atomic E-state index is -0.120. The molecule has 0 bridgehead atoms. The molecular formula is C33H37N5O3. The van der Waals surface area contributed by atoms with E-state index in [9.17, 15) is 9.59 Å². The maximum Gasteiger partial charge on any atom is 0.274 e. The number of rotatable bonds is 8. The average molecular weight is 552 g/mol. The Morgan fingerprint density at radius 1 is 1.00 bits per heavy atom. The first kappa shape index (κ1) is 28.1. The highest BCUT2D eigenvalue weighted by atomic mass is 16.5. The smallest absolute Gasteiger partial charge is 0.274 e. The predicted octanol–water partition coefficient (Wildman–Crippen LogP) is 5.33. The maximum absolute atomic E-state index is 13.6. The molecule has 2 aromatic heterocycles. The summed E-state index contributed by atoms with van der Waals surface area (Å²) in [6.45, 7) is 5.75. The van der Waals surface area contributed by atoms with Crippen molar-refractivity contribution >= 4 is 28.8 Å². The van der Waals surface area contributed by atoms with E-state index in [4.69, 9.17) is 4.74 Å². The van der Waals surface area contributed by atoms with Gasteiger partial charge in [0.2, 0.25) is 0 Å². The summed E-state index contributed by atoms with van der Waals surface area (Å²) >= 11 is 0. The molecule has 5 rings (SSSR count). The zero-order chi connectivity index (χ0) is 29.3. The van der Waals surface area contributed by atoms with E-state index in [1.54, 1.807) is 17.8 Å². The summed E-state index contributed by atoms with van der Waals surface area (Å²) in [5.41, 5.74) is 8.01. The first-order chi connectivity index (χ1) is 19.7. The lowest BCUT2D eigenvalue weighted by molar-refractivity contribution is 0.0980. The molecule has 8 heteroatoms. The van der Waals surface area contributed by atoms with Crippen molar-refractivity contribution in [3.63, 3.8) is 0 Å². The summed E-state index contributed by atoms with van der Waals surface area (Å²) in [6, 6.07) is 17.8. The van der Waals surface area contributed by atoms with Crippen molar-refractivity contribution in [2.24, 2.45) is 7.05 Å². The van der Waals surface area contributed by atoms with Gasteiger partial charge in [-0.25, -0.2) is 4.98 Å². The molecule has 0 atom stereocenters. The molecule has 1 aliphatic rings. The number of hydrogen-bond donors (Lipinski definition) is 0. The number of anilines is 4.